The number of hydrogen-bond acceptors (Lipinski definition) is 6. The Labute approximate surface area is 164 Å². The quantitative estimate of drug-likeness (QED) is 0.588. The first-order chi connectivity index (χ1) is 13.1. The fourth-order valence-electron chi connectivity index (χ4n) is 4.15. The van der Waals surface area contributed by atoms with E-state index in [0.29, 0.717) is 29.9 Å². The molecule has 3 rings (SSSR count). The lowest BCUT2D eigenvalue weighted by molar-refractivity contribution is -0.143. The molecule has 6 nitrogen and oxygen atoms in total. The Hall–Kier alpha value is -2.76. The Kier molecular flexibility index (Phi) is 5.24. The van der Waals surface area contributed by atoms with E-state index in [1.165, 1.54) is 14.0 Å². The van der Waals surface area contributed by atoms with Crippen LogP contribution in [-0.2, 0) is 19.1 Å². The number of ketones is 1. The Morgan fingerprint density at radius 3 is 2.36 bits per heavy atom. The molecule has 2 aliphatic rings. The largest absolute Gasteiger partial charge is 0.468 e. The molecule has 0 bridgehead atoms. The fourth-order valence-corrected chi connectivity index (χ4v) is 4.15. The van der Waals surface area contributed by atoms with Crippen LogP contribution in [-0.4, -0.2) is 30.5 Å². The Morgan fingerprint density at radius 2 is 1.79 bits per heavy atom. The summed E-state index contributed by atoms with van der Waals surface area (Å²) in [5, 5.41) is 0. The minimum absolute atomic E-state index is 0.0189. The number of benzene rings is 1. The number of nitrogens with zero attached hydrogens (tertiary/aromatic N) is 1. The van der Waals surface area contributed by atoms with Gasteiger partial charge in [0.15, 0.2) is 5.78 Å². The third kappa shape index (κ3) is 3.77. The highest BCUT2D eigenvalue weighted by Gasteiger charge is 2.45. The molecular formula is C22H25NO5. The second kappa shape index (κ2) is 7.34. The summed E-state index contributed by atoms with van der Waals surface area (Å²) in [6, 6.07) is 6.91. The minimum atomic E-state index is -0.659. The molecule has 0 saturated carbocycles. The molecule has 1 aromatic carbocycles. The van der Waals surface area contributed by atoms with Crippen molar-refractivity contribution in [2.45, 2.75) is 46.5 Å². The van der Waals surface area contributed by atoms with Crippen molar-refractivity contribution in [2.24, 2.45) is 16.3 Å². The van der Waals surface area contributed by atoms with Crippen LogP contribution in [0.5, 0.6) is 5.75 Å². The second-order valence-electron chi connectivity index (χ2n) is 8.20. The van der Waals surface area contributed by atoms with E-state index in [0.717, 1.165) is 11.3 Å². The van der Waals surface area contributed by atoms with E-state index >= 15 is 0 Å². The zero-order valence-electron chi connectivity index (χ0n) is 16.9. The number of methoxy groups -OCH3 is 1. The van der Waals surface area contributed by atoms with Gasteiger partial charge < -0.3 is 9.47 Å². The van der Waals surface area contributed by atoms with E-state index < -0.39 is 23.8 Å². The van der Waals surface area contributed by atoms with Crippen LogP contribution in [0.15, 0.2) is 40.5 Å². The maximum absolute atomic E-state index is 13.1. The van der Waals surface area contributed by atoms with E-state index in [9.17, 15) is 14.4 Å². The number of Topliss-reactive ketones (excluding diaryl/α,β-unsaturated/α-hetero) is 1. The number of ether oxygens (including phenoxy) is 2. The predicted molar refractivity (Wildman–Crippen MR) is 104 cm³/mol. The summed E-state index contributed by atoms with van der Waals surface area (Å²) in [5.74, 6) is -1.51. The van der Waals surface area contributed by atoms with Gasteiger partial charge in [0.1, 0.15) is 11.7 Å². The molecule has 0 spiro atoms. The average molecular weight is 383 g/mol. The van der Waals surface area contributed by atoms with Crippen molar-refractivity contribution in [1.29, 1.82) is 0 Å². The number of hydrogen-bond donors (Lipinski definition) is 0. The second-order valence-corrected chi connectivity index (χ2v) is 8.20. The van der Waals surface area contributed by atoms with E-state index in [1.54, 1.807) is 31.2 Å². The lowest BCUT2D eigenvalue weighted by Gasteiger charge is -2.38. The third-order valence-corrected chi connectivity index (χ3v) is 5.26. The zero-order valence-corrected chi connectivity index (χ0v) is 16.9. The highest BCUT2D eigenvalue weighted by atomic mass is 16.5. The lowest BCUT2D eigenvalue weighted by atomic mass is 9.67. The normalized spacial score (nSPS) is 23.6. The number of esters is 2. The summed E-state index contributed by atoms with van der Waals surface area (Å²) in [6.45, 7) is 7.24. The Balaban J connectivity index is 2.11. The highest BCUT2D eigenvalue weighted by Crippen LogP contribution is 2.48. The third-order valence-electron chi connectivity index (χ3n) is 5.26. The van der Waals surface area contributed by atoms with E-state index in [1.807, 2.05) is 0 Å². The first-order valence-electron chi connectivity index (χ1n) is 9.30. The number of aliphatic imine (C=N–C) groups is 1. The molecule has 1 aliphatic carbocycles. The number of carbonyl (C=O) groups is 3. The number of carbonyl (C=O) groups excluding carboxylic acids is 3. The van der Waals surface area contributed by atoms with Crippen molar-refractivity contribution < 1.29 is 23.9 Å². The lowest BCUT2D eigenvalue weighted by Crippen LogP contribution is -2.39. The van der Waals surface area contributed by atoms with Crippen LogP contribution in [0.2, 0.25) is 0 Å². The molecule has 0 saturated heterocycles. The van der Waals surface area contributed by atoms with Gasteiger partial charge in [-0.1, -0.05) is 26.0 Å². The molecule has 0 N–H and O–H groups in total. The first-order valence-corrected chi connectivity index (χ1v) is 9.30. The van der Waals surface area contributed by atoms with E-state index in [4.69, 9.17) is 9.47 Å². The van der Waals surface area contributed by atoms with Crippen molar-refractivity contribution in [3.8, 4) is 5.75 Å². The Bertz CT molecular complexity index is 892. The molecule has 6 heteroatoms. The highest BCUT2D eigenvalue weighted by molar-refractivity contribution is 6.09. The molecule has 0 fully saturated rings. The molecule has 1 heterocycles. The van der Waals surface area contributed by atoms with Crippen LogP contribution in [0.1, 0.15) is 52.0 Å². The minimum Gasteiger partial charge on any atom is -0.468 e. The summed E-state index contributed by atoms with van der Waals surface area (Å²) in [7, 11) is 1.34. The molecule has 28 heavy (non-hydrogen) atoms. The summed E-state index contributed by atoms with van der Waals surface area (Å²) < 4.78 is 10.1. The van der Waals surface area contributed by atoms with Gasteiger partial charge in [-0.2, -0.15) is 0 Å². The zero-order chi connectivity index (χ0) is 20.6. The van der Waals surface area contributed by atoms with E-state index in [-0.39, 0.29) is 11.2 Å². The van der Waals surface area contributed by atoms with Gasteiger partial charge in [0, 0.05) is 36.2 Å². The average Bonchev–Trinajstić information content (AvgIpc) is 2.59. The van der Waals surface area contributed by atoms with Crippen LogP contribution in [0.3, 0.4) is 0 Å². The molecule has 0 aromatic heterocycles. The standard InChI is InChI=1S/C22H25NO5/c1-12-18(21(26)27-5)19(14-6-8-15(9-7-14)28-13(2)24)20-16(23-12)10-22(3,4)11-17(20)25/h6-9,18-19H,10-11H2,1-5H3/t18?,19-/m1/s1. The molecule has 148 valence electrons. The van der Waals surface area contributed by atoms with Gasteiger partial charge in [-0.05, 0) is 36.5 Å². The molecule has 1 aromatic rings. The topological polar surface area (TPSA) is 82.0 Å². The van der Waals surface area contributed by atoms with Gasteiger partial charge in [-0.25, -0.2) is 0 Å². The summed E-state index contributed by atoms with van der Waals surface area (Å²) >= 11 is 0. The molecular weight excluding hydrogens is 358 g/mol. The molecule has 2 atom stereocenters. The fraction of sp³-hybridized carbons (Fsp3) is 0.455. The van der Waals surface area contributed by atoms with Crippen LogP contribution < -0.4 is 4.74 Å². The van der Waals surface area contributed by atoms with Gasteiger partial charge in [0.2, 0.25) is 0 Å². The monoisotopic (exact) mass is 383 g/mol. The van der Waals surface area contributed by atoms with Crippen molar-refractivity contribution >= 4 is 23.4 Å². The van der Waals surface area contributed by atoms with Gasteiger partial charge in [-0.15, -0.1) is 0 Å². The number of rotatable bonds is 3. The van der Waals surface area contributed by atoms with Crippen LogP contribution in [0, 0.1) is 11.3 Å². The van der Waals surface area contributed by atoms with Crippen LogP contribution in [0.25, 0.3) is 0 Å². The van der Waals surface area contributed by atoms with Crippen molar-refractivity contribution in [2.75, 3.05) is 7.11 Å². The van der Waals surface area contributed by atoms with E-state index in [2.05, 4.69) is 18.8 Å². The summed E-state index contributed by atoms with van der Waals surface area (Å²) in [4.78, 5) is 41.4. The molecule has 1 unspecified atom stereocenters. The van der Waals surface area contributed by atoms with Crippen molar-refractivity contribution in [3.05, 3.63) is 41.1 Å². The smallest absolute Gasteiger partial charge is 0.315 e. The maximum Gasteiger partial charge on any atom is 0.315 e. The number of allylic oxidation sites excluding steroid dienone is 2. The molecule has 1 aliphatic heterocycles. The SMILES string of the molecule is COC(=O)C1C(C)=NC2=C(C(=O)CC(C)(C)C2)[C@@H]1c1ccc(OC(C)=O)cc1. The van der Waals surface area contributed by atoms with Crippen LogP contribution >= 0.6 is 0 Å². The predicted octanol–water partition coefficient (Wildman–Crippen LogP) is 3.60. The van der Waals surface area contributed by atoms with Gasteiger partial charge in [0.05, 0.1) is 7.11 Å². The molecule has 0 amide bonds. The molecule has 0 radical (unpaired) electrons. The first kappa shape index (κ1) is 20.0. The van der Waals surface area contributed by atoms with Gasteiger partial charge in [-0.3, -0.25) is 19.4 Å². The van der Waals surface area contributed by atoms with Crippen molar-refractivity contribution in [1.82, 2.24) is 0 Å². The van der Waals surface area contributed by atoms with Crippen LogP contribution in [0.4, 0.5) is 0 Å². The van der Waals surface area contributed by atoms with Gasteiger partial charge in [0.25, 0.3) is 0 Å². The Morgan fingerprint density at radius 1 is 1.14 bits per heavy atom. The van der Waals surface area contributed by atoms with Gasteiger partial charge >= 0.3 is 11.9 Å². The maximum atomic E-state index is 13.1. The van der Waals surface area contributed by atoms with Crippen molar-refractivity contribution in [3.63, 3.8) is 0 Å². The summed E-state index contributed by atoms with van der Waals surface area (Å²) in [5.41, 5.74) is 2.63. The summed E-state index contributed by atoms with van der Waals surface area (Å²) in [6.07, 6.45) is 1.09.